The summed E-state index contributed by atoms with van der Waals surface area (Å²) in [5.41, 5.74) is 2.20. The van der Waals surface area contributed by atoms with Crippen LogP contribution >= 0.6 is 0 Å². The van der Waals surface area contributed by atoms with Crippen LogP contribution in [0.5, 0.6) is 0 Å². The molecule has 3 aromatic rings. The van der Waals surface area contributed by atoms with E-state index in [0.29, 0.717) is 12.4 Å². The van der Waals surface area contributed by atoms with Gasteiger partial charge in [-0.3, -0.25) is 0 Å². The predicted molar refractivity (Wildman–Crippen MR) is 79.3 cm³/mol. The summed E-state index contributed by atoms with van der Waals surface area (Å²) in [6, 6.07) is 12.2. The highest BCUT2D eigenvalue weighted by molar-refractivity contribution is 5.86. The molecule has 21 heavy (non-hydrogen) atoms. The lowest BCUT2D eigenvalue weighted by Gasteiger charge is -2.09. The maximum atomic E-state index is 11.8. The Bertz CT molecular complexity index is 833. The first-order chi connectivity index (χ1) is 10.2. The number of nitrogens with zero attached hydrogens (tertiary/aromatic N) is 2. The van der Waals surface area contributed by atoms with Crippen LogP contribution in [0.2, 0.25) is 0 Å². The fraction of sp³-hybridized carbons (Fsp3) is 0.250. The molecule has 0 bridgehead atoms. The summed E-state index contributed by atoms with van der Waals surface area (Å²) in [6.07, 6.45) is 0. The van der Waals surface area contributed by atoms with Gasteiger partial charge in [-0.2, -0.15) is 4.68 Å². The fourth-order valence-corrected chi connectivity index (χ4v) is 2.44. The Morgan fingerprint density at radius 1 is 1.24 bits per heavy atom. The molecule has 3 rings (SSSR count). The summed E-state index contributed by atoms with van der Waals surface area (Å²) in [4.78, 5) is 11.8. The third-order valence-corrected chi connectivity index (χ3v) is 3.50. The number of methoxy groups -OCH3 is 1. The number of aryl methyl sites for hydroxylation is 1. The lowest BCUT2D eigenvalue weighted by atomic mass is 10.00. The van der Waals surface area contributed by atoms with Crippen molar-refractivity contribution in [2.45, 2.75) is 20.1 Å². The van der Waals surface area contributed by atoms with Crippen LogP contribution in [0.4, 0.5) is 0 Å². The Morgan fingerprint density at radius 2 is 2.05 bits per heavy atom. The molecule has 5 heteroatoms. The molecule has 0 atom stereocenters. The highest BCUT2D eigenvalue weighted by Gasteiger charge is 2.11. The Kier molecular flexibility index (Phi) is 3.58. The number of aromatic nitrogens is 2. The minimum Gasteiger partial charge on any atom is -0.390 e. The van der Waals surface area contributed by atoms with Crippen molar-refractivity contribution >= 4 is 10.8 Å². The van der Waals surface area contributed by atoms with Crippen molar-refractivity contribution in [2.75, 3.05) is 7.11 Å². The zero-order valence-electron chi connectivity index (χ0n) is 12.0. The summed E-state index contributed by atoms with van der Waals surface area (Å²) in [5.74, 6) is -0.172. The van der Waals surface area contributed by atoms with Gasteiger partial charge in [0.15, 0.2) is 0 Å². The van der Waals surface area contributed by atoms with Crippen LogP contribution in [-0.2, 0) is 17.9 Å². The van der Waals surface area contributed by atoms with E-state index in [1.165, 1.54) is 11.8 Å². The molecule has 5 nitrogen and oxygen atoms in total. The van der Waals surface area contributed by atoms with Gasteiger partial charge in [-0.25, -0.2) is 4.79 Å². The second-order valence-corrected chi connectivity index (χ2v) is 4.93. The highest BCUT2D eigenvalue weighted by Crippen LogP contribution is 2.22. The minimum absolute atomic E-state index is 0.191. The van der Waals surface area contributed by atoms with E-state index in [0.717, 1.165) is 21.9 Å². The van der Waals surface area contributed by atoms with Crippen LogP contribution in [0.3, 0.4) is 0 Å². The second kappa shape index (κ2) is 5.54. The van der Waals surface area contributed by atoms with Crippen molar-refractivity contribution in [3.63, 3.8) is 0 Å². The molecule has 0 spiro atoms. The summed E-state index contributed by atoms with van der Waals surface area (Å²) in [7, 11) is 1.54. The van der Waals surface area contributed by atoms with Crippen molar-refractivity contribution in [3.05, 3.63) is 64.0 Å². The van der Waals surface area contributed by atoms with Gasteiger partial charge in [0.2, 0.25) is 5.89 Å². The van der Waals surface area contributed by atoms with Gasteiger partial charge < -0.3 is 9.15 Å². The first kappa shape index (κ1) is 13.6. The lowest BCUT2D eigenvalue weighted by Crippen LogP contribution is -2.17. The molecule has 0 aliphatic carbocycles. The van der Waals surface area contributed by atoms with Crippen molar-refractivity contribution in [1.29, 1.82) is 0 Å². The van der Waals surface area contributed by atoms with Gasteiger partial charge in [0.1, 0.15) is 6.61 Å². The molecule has 1 heterocycles. The standard InChI is InChI=1S/C16H16N2O3/c1-11-7-8-12-5-3-4-6-13(12)14(11)9-18-16(19)21-15(17-18)10-20-2/h3-8H,9-10H2,1-2H3. The first-order valence-electron chi connectivity index (χ1n) is 6.72. The first-order valence-corrected chi connectivity index (χ1v) is 6.72. The van der Waals surface area contributed by atoms with E-state index >= 15 is 0 Å². The van der Waals surface area contributed by atoms with E-state index in [1.807, 2.05) is 19.1 Å². The highest BCUT2D eigenvalue weighted by atomic mass is 16.5. The van der Waals surface area contributed by atoms with Gasteiger partial charge in [-0.1, -0.05) is 36.4 Å². The summed E-state index contributed by atoms with van der Waals surface area (Å²) in [5, 5.41) is 6.43. The monoisotopic (exact) mass is 284 g/mol. The molecule has 1 aromatic heterocycles. The van der Waals surface area contributed by atoms with Crippen LogP contribution in [-0.4, -0.2) is 16.9 Å². The van der Waals surface area contributed by atoms with Gasteiger partial charge >= 0.3 is 5.76 Å². The molecule has 0 aliphatic heterocycles. The van der Waals surface area contributed by atoms with Gasteiger partial charge in [-0.05, 0) is 28.8 Å². The van der Waals surface area contributed by atoms with Gasteiger partial charge in [0, 0.05) is 7.11 Å². The fourth-order valence-electron chi connectivity index (χ4n) is 2.44. The molecule has 0 radical (unpaired) electrons. The quantitative estimate of drug-likeness (QED) is 0.738. The molecule has 108 valence electrons. The number of ether oxygens (including phenoxy) is 1. The third-order valence-electron chi connectivity index (χ3n) is 3.50. The molecule has 0 aliphatic rings. The van der Waals surface area contributed by atoms with Crippen LogP contribution in [0.15, 0.2) is 45.6 Å². The average molecular weight is 284 g/mol. The van der Waals surface area contributed by atoms with E-state index in [2.05, 4.69) is 29.4 Å². The van der Waals surface area contributed by atoms with E-state index in [4.69, 9.17) is 9.15 Å². The van der Waals surface area contributed by atoms with Crippen LogP contribution in [0, 0.1) is 6.92 Å². The number of rotatable bonds is 4. The second-order valence-electron chi connectivity index (χ2n) is 4.93. The number of hydrogen-bond donors (Lipinski definition) is 0. The Hall–Kier alpha value is -2.40. The summed E-state index contributed by atoms with van der Waals surface area (Å²) in [6.45, 7) is 2.61. The van der Waals surface area contributed by atoms with Crippen molar-refractivity contribution in [1.82, 2.24) is 9.78 Å². The predicted octanol–water partition coefficient (Wildman–Crippen LogP) is 2.49. The molecule has 0 fully saturated rings. The topological polar surface area (TPSA) is 57.3 Å². The van der Waals surface area contributed by atoms with E-state index in [-0.39, 0.29) is 6.61 Å². The van der Waals surface area contributed by atoms with Crippen molar-refractivity contribution < 1.29 is 9.15 Å². The van der Waals surface area contributed by atoms with E-state index in [1.54, 1.807) is 0 Å². The third kappa shape index (κ3) is 2.60. The smallest absolute Gasteiger partial charge is 0.390 e. The molecule has 0 unspecified atom stereocenters. The SMILES string of the molecule is COCc1nn(Cc2c(C)ccc3ccccc23)c(=O)o1. The van der Waals surface area contributed by atoms with Gasteiger partial charge in [0.25, 0.3) is 0 Å². The maximum Gasteiger partial charge on any atom is 0.437 e. The largest absolute Gasteiger partial charge is 0.437 e. The number of hydrogen-bond acceptors (Lipinski definition) is 4. The van der Waals surface area contributed by atoms with Crippen LogP contribution < -0.4 is 5.76 Å². The molecule has 0 saturated heterocycles. The normalized spacial score (nSPS) is 11.1. The molecule has 0 N–H and O–H groups in total. The molecule has 0 amide bonds. The van der Waals surface area contributed by atoms with Crippen LogP contribution in [0.25, 0.3) is 10.8 Å². The molecular weight excluding hydrogens is 268 g/mol. The lowest BCUT2D eigenvalue weighted by molar-refractivity contribution is 0.158. The summed E-state index contributed by atoms with van der Waals surface area (Å²) < 4.78 is 11.3. The van der Waals surface area contributed by atoms with E-state index in [9.17, 15) is 4.79 Å². The number of fused-ring (bicyclic) bond motifs is 1. The maximum absolute atomic E-state index is 11.8. The van der Waals surface area contributed by atoms with Crippen molar-refractivity contribution in [2.24, 2.45) is 0 Å². The average Bonchev–Trinajstić information content (AvgIpc) is 2.82. The Labute approximate surface area is 121 Å². The minimum atomic E-state index is -0.464. The van der Waals surface area contributed by atoms with E-state index < -0.39 is 5.76 Å². The molecular formula is C16H16N2O3. The van der Waals surface area contributed by atoms with Gasteiger partial charge in [-0.15, -0.1) is 5.10 Å². The molecule has 2 aromatic carbocycles. The Morgan fingerprint density at radius 3 is 2.86 bits per heavy atom. The molecule has 0 saturated carbocycles. The zero-order chi connectivity index (χ0) is 14.8. The zero-order valence-corrected chi connectivity index (χ0v) is 12.0. The summed E-state index contributed by atoms with van der Waals surface area (Å²) >= 11 is 0. The number of benzene rings is 2. The van der Waals surface area contributed by atoms with Gasteiger partial charge in [0.05, 0.1) is 6.54 Å². The van der Waals surface area contributed by atoms with Crippen LogP contribution in [0.1, 0.15) is 17.0 Å². The Balaban J connectivity index is 2.05. The van der Waals surface area contributed by atoms with Crippen molar-refractivity contribution in [3.8, 4) is 0 Å².